The smallest absolute Gasteiger partial charge is 0.170 e. The second-order valence-electron chi connectivity index (χ2n) is 20.3. The molecule has 0 heterocycles. The summed E-state index contributed by atoms with van der Waals surface area (Å²) in [5.41, 5.74) is 7.22. The van der Waals surface area contributed by atoms with E-state index in [1.54, 1.807) is 14.2 Å². The van der Waals surface area contributed by atoms with Crippen LogP contribution in [0.1, 0.15) is 90.2 Å². The Morgan fingerprint density at radius 3 is 0.875 bits per heavy atom. The molecule has 0 N–H and O–H groups in total. The molecule has 410 valence electrons. The molecule has 0 bridgehead atoms. The van der Waals surface area contributed by atoms with Crippen molar-refractivity contribution in [3.05, 3.63) is 181 Å². The van der Waals surface area contributed by atoms with Gasteiger partial charge in [0.15, 0.2) is 46.0 Å². The number of benzene rings is 10. The van der Waals surface area contributed by atoms with Gasteiger partial charge in [-0.2, -0.15) is 0 Å². The van der Waals surface area contributed by atoms with Crippen LogP contribution in [0.15, 0.2) is 170 Å². The Hall–Kier alpha value is -8.36. The van der Waals surface area contributed by atoms with Crippen LogP contribution in [0.5, 0.6) is 46.0 Å². The Balaban J connectivity index is 1.32. The van der Waals surface area contributed by atoms with Crippen LogP contribution < -0.4 is 37.9 Å². The zero-order chi connectivity index (χ0) is 55.2. The Kier molecular flexibility index (Phi) is 18.2. The maximum atomic E-state index is 7.27. The van der Waals surface area contributed by atoms with Gasteiger partial charge in [0.25, 0.3) is 0 Å². The van der Waals surface area contributed by atoms with Gasteiger partial charge in [-0.3, -0.25) is 0 Å². The molecule has 0 aliphatic rings. The summed E-state index contributed by atoms with van der Waals surface area (Å²) in [6.45, 7) is 11.4. The molecule has 0 spiro atoms. The zero-order valence-electron chi connectivity index (χ0n) is 47.3. The minimum absolute atomic E-state index is 0.365. The summed E-state index contributed by atoms with van der Waals surface area (Å²) in [5, 5.41) is 7.79. The second kappa shape index (κ2) is 26.5. The van der Waals surface area contributed by atoms with Gasteiger partial charge in [0.2, 0.25) is 0 Å². The molecule has 0 atom stereocenters. The van der Waals surface area contributed by atoms with E-state index in [0.717, 1.165) is 139 Å². The summed E-state index contributed by atoms with van der Waals surface area (Å²) < 4.78 is 56.1. The first kappa shape index (κ1) is 55.0. The van der Waals surface area contributed by atoms with Crippen molar-refractivity contribution in [2.24, 2.45) is 0 Å². The summed E-state index contributed by atoms with van der Waals surface area (Å²) in [5.74, 6) is 4.96. The maximum Gasteiger partial charge on any atom is 0.170 e. The SMILES string of the molecule is CCCCOc1c(OCc2ccccc2)cc2ccccc2c1-c1c(OCCCC)c(OC)c(-c2c(OC)c(OCCCC)c(-c3c(OCCCC)c(OCc4ccccc4)cc4ccccc34)c3ccccc23)c2ccccc12. The number of hydrogen-bond donors (Lipinski definition) is 0. The summed E-state index contributed by atoms with van der Waals surface area (Å²) in [6, 6.07) is 58.9. The van der Waals surface area contributed by atoms with Crippen LogP contribution in [-0.2, 0) is 13.2 Å². The van der Waals surface area contributed by atoms with Crippen LogP contribution in [0.4, 0.5) is 0 Å². The molecule has 10 aromatic rings. The highest BCUT2D eigenvalue weighted by molar-refractivity contribution is 6.22. The van der Waals surface area contributed by atoms with Crippen molar-refractivity contribution in [1.29, 1.82) is 0 Å². The molecule has 0 aliphatic heterocycles. The van der Waals surface area contributed by atoms with Crippen LogP contribution in [-0.4, -0.2) is 40.6 Å². The van der Waals surface area contributed by atoms with Gasteiger partial charge in [0.1, 0.15) is 13.2 Å². The fourth-order valence-corrected chi connectivity index (χ4v) is 10.8. The lowest BCUT2D eigenvalue weighted by atomic mass is 9.83. The lowest BCUT2D eigenvalue weighted by molar-refractivity contribution is 0.260. The van der Waals surface area contributed by atoms with E-state index in [0.29, 0.717) is 85.6 Å². The fourth-order valence-electron chi connectivity index (χ4n) is 10.8. The number of unbranched alkanes of at least 4 members (excludes halogenated alkanes) is 4. The Morgan fingerprint density at radius 2 is 0.550 bits per heavy atom. The molecule has 8 heteroatoms. The van der Waals surface area contributed by atoms with E-state index in [4.69, 9.17) is 37.9 Å². The Bertz CT molecular complexity index is 3460. The van der Waals surface area contributed by atoms with Crippen molar-refractivity contribution in [2.45, 2.75) is 92.3 Å². The molecule has 0 aromatic heterocycles. The molecule has 0 unspecified atom stereocenters. The van der Waals surface area contributed by atoms with Crippen molar-refractivity contribution in [2.75, 3.05) is 40.6 Å². The molecule has 0 aliphatic carbocycles. The van der Waals surface area contributed by atoms with Crippen molar-refractivity contribution in [1.82, 2.24) is 0 Å². The highest BCUT2D eigenvalue weighted by Gasteiger charge is 2.34. The molecular formula is C72H74O8. The topological polar surface area (TPSA) is 73.8 Å². The monoisotopic (exact) mass is 1070 g/mol. The van der Waals surface area contributed by atoms with Gasteiger partial charge in [-0.05, 0) is 92.0 Å². The molecular weight excluding hydrogens is 993 g/mol. The number of ether oxygens (including phenoxy) is 8. The van der Waals surface area contributed by atoms with Gasteiger partial charge in [0.05, 0.1) is 40.6 Å². The number of methoxy groups -OCH3 is 2. The van der Waals surface area contributed by atoms with Crippen LogP contribution >= 0.6 is 0 Å². The predicted molar refractivity (Wildman–Crippen MR) is 329 cm³/mol. The third kappa shape index (κ3) is 11.4. The molecule has 10 aromatic carbocycles. The molecule has 0 fully saturated rings. The van der Waals surface area contributed by atoms with E-state index in [9.17, 15) is 0 Å². The molecule has 0 amide bonds. The molecule has 0 radical (unpaired) electrons. The minimum atomic E-state index is 0.365. The number of rotatable bonds is 27. The van der Waals surface area contributed by atoms with Gasteiger partial charge in [-0.15, -0.1) is 0 Å². The van der Waals surface area contributed by atoms with Crippen LogP contribution in [0.25, 0.3) is 76.5 Å². The highest BCUT2D eigenvalue weighted by Crippen LogP contribution is 2.61. The molecule has 10 rings (SSSR count). The number of hydrogen-bond acceptors (Lipinski definition) is 8. The van der Waals surface area contributed by atoms with Gasteiger partial charge >= 0.3 is 0 Å². The van der Waals surface area contributed by atoms with E-state index in [1.807, 2.05) is 36.4 Å². The molecule has 80 heavy (non-hydrogen) atoms. The first-order chi connectivity index (χ1) is 39.5. The van der Waals surface area contributed by atoms with Gasteiger partial charge in [0, 0.05) is 33.4 Å². The summed E-state index contributed by atoms with van der Waals surface area (Å²) in [6.07, 6.45) is 7.19. The van der Waals surface area contributed by atoms with Crippen molar-refractivity contribution >= 4 is 43.1 Å². The predicted octanol–water partition coefficient (Wildman–Crippen LogP) is 19.2. The summed E-state index contributed by atoms with van der Waals surface area (Å²) in [7, 11) is 3.49. The van der Waals surface area contributed by atoms with Crippen LogP contribution in [0, 0.1) is 0 Å². The van der Waals surface area contributed by atoms with E-state index >= 15 is 0 Å². The average molecular weight is 1070 g/mol. The van der Waals surface area contributed by atoms with E-state index < -0.39 is 0 Å². The summed E-state index contributed by atoms with van der Waals surface area (Å²) in [4.78, 5) is 0. The van der Waals surface area contributed by atoms with E-state index in [-0.39, 0.29) is 0 Å². The lowest BCUT2D eigenvalue weighted by Crippen LogP contribution is -2.08. The first-order valence-corrected chi connectivity index (χ1v) is 28.8. The quantitative estimate of drug-likeness (QED) is 0.0472. The maximum absolute atomic E-state index is 7.27. The van der Waals surface area contributed by atoms with Gasteiger partial charge in [-0.1, -0.05) is 211 Å². The molecule has 8 nitrogen and oxygen atoms in total. The average Bonchev–Trinajstić information content (AvgIpc) is 3.67. The standard InChI is InChI=1S/C72H74O8/c1-7-11-41-75-67-59(79-47-49-29-17-15-18-30-49)45-51-33-21-23-35-53(51)61(67)65-57-39-27-25-37-55(57)63(69(73-5)71(65)77-43-13-9-3)64-56-38-26-28-40-58(56)66(72(70(64)74-6)78-44-14-10-4)62-54-36-24-22-34-52(54)46-60(68(62)76-42-12-8-2)80-48-50-31-19-16-20-32-50/h15-40,45-46H,7-14,41-44,47-48H2,1-6H3. The third-order valence-corrected chi connectivity index (χ3v) is 14.8. The third-order valence-electron chi connectivity index (χ3n) is 14.8. The second-order valence-corrected chi connectivity index (χ2v) is 20.3. The fraction of sp³-hybridized carbons (Fsp3) is 0.278. The van der Waals surface area contributed by atoms with Crippen molar-refractivity contribution in [3.63, 3.8) is 0 Å². The highest BCUT2D eigenvalue weighted by atomic mass is 16.5. The molecule has 0 saturated carbocycles. The Morgan fingerprint density at radius 1 is 0.275 bits per heavy atom. The van der Waals surface area contributed by atoms with Crippen LogP contribution in [0.2, 0.25) is 0 Å². The van der Waals surface area contributed by atoms with Crippen LogP contribution in [0.3, 0.4) is 0 Å². The normalized spacial score (nSPS) is 11.3. The minimum Gasteiger partial charge on any atom is -0.492 e. The number of fused-ring (bicyclic) bond motifs is 4. The van der Waals surface area contributed by atoms with Gasteiger partial charge < -0.3 is 37.9 Å². The van der Waals surface area contributed by atoms with Crippen molar-refractivity contribution in [3.8, 4) is 79.4 Å². The van der Waals surface area contributed by atoms with Gasteiger partial charge in [-0.25, -0.2) is 0 Å². The van der Waals surface area contributed by atoms with E-state index in [2.05, 4.69) is 161 Å². The summed E-state index contributed by atoms with van der Waals surface area (Å²) >= 11 is 0. The Labute approximate surface area is 472 Å². The largest absolute Gasteiger partial charge is 0.492 e. The first-order valence-electron chi connectivity index (χ1n) is 28.8. The van der Waals surface area contributed by atoms with Crippen molar-refractivity contribution < 1.29 is 37.9 Å². The lowest BCUT2D eigenvalue weighted by Gasteiger charge is -2.28. The van der Waals surface area contributed by atoms with E-state index in [1.165, 1.54) is 0 Å². The molecule has 0 saturated heterocycles. The zero-order valence-corrected chi connectivity index (χ0v) is 47.3.